The van der Waals surface area contributed by atoms with Crippen LogP contribution in [-0.4, -0.2) is 43.1 Å². The zero-order valence-corrected chi connectivity index (χ0v) is 41.3. The SMILES string of the molecule is COC(=O)/C=C/c1ccc(-c2ccc(O[Si](C)(C)C(C)(C)C)c(C34CC5CC(CC(C5)C3)C4)c2)cc1.O=C(O)/C=C/c1ccc(-c2ccc(O)c(C34CC5CC(CC(C5)C3)C4)c2)cc1.[Li+].[OH-]. The van der Waals surface area contributed by atoms with E-state index in [0.717, 1.165) is 75.2 Å². The fourth-order valence-electron chi connectivity index (χ4n) is 13.6. The second kappa shape index (κ2) is 19.3. The van der Waals surface area contributed by atoms with Crippen LogP contribution in [0.5, 0.6) is 11.5 Å². The van der Waals surface area contributed by atoms with Gasteiger partial charge >= 0.3 is 30.8 Å². The Morgan fingerprint density at radius 3 is 1.39 bits per heavy atom. The molecule has 0 aliphatic heterocycles. The molecule has 4 aromatic rings. The van der Waals surface area contributed by atoms with Gasteiger partial charge < -0.3 is 24.9 Å². The molecule has 344 valence electrons. The van der Waals surface area contributed by atoms with Gasteiger partial charge in [-0.3, -0.25) is 0 Å². The molecule has 0 spiro atoms. The number of phenolic OH excluding ortho intramolecular Hbond substituents is 1. The number of aromatic hydroxyl groups is 1. The third-order valence-electron chi connectivity index (χ3n) is 16.9. The van der Waals surface area contributed by atoms with Crippen molar-refractivity contribution in [2.24, 2.45) is 35.5 Å². The van der Waals surface area contributed by atoms with Crippen LogP contribution >= 0.6 is 0 Å². The number of carboxylic acids is 1. The maximum absolute atomic E-state index is 11.4. The molecule has 66 heavy (non-hydrogen) atoms. The Morgan fingerprint density at radius 1 is 0.606 bits per heavy atom. The predicted molar refractivity (Wildman–Crippen MR) is 263 cm³/mol. The van der Waals surface area contributed by atoms with Crippen LogP contribution in [0.4, 0.5) is 0 Å². The van der Waals surface area contributed by atoms with E-state index in [2.05, 4.69) is 82.4 Å². The van der Waals surface area contributed by atoms with Crippen LogP contribution in [0.3, 0.4) is 0 Å². The van der Waals surface area contributed by atoms with Gasteiger partial charge in [0.1, 0.15) is 11.5 Å². The smallest absolute Gasteiger partial charge is 0.870 e. The molecule has 8 bridgehead atoms. The van der Waals surface area contributed by atoms with Crippen molar-refractivity contribution >= 4 is 32.4 Å². The van der Waals surface area contributed by atoms with Crippen molar-refractivity contribution in [1.29, 1.82) is 0 Å². The molecule has 8 aliphatic carbocycles. The van der Waals surface area contributed by atoms with Crippen LogP contribution in [0.25, 0.3) is 34.4 Å². The molecule has 8 saturated carbocycles. The Hall–Kier alpha value is -4.33. The van der Waals surface area contributed by atoms with E-state index in [9.17, 15) is 14.7 Å². The Balaban J connectivity index is 0.000000196. The number of hydrogen-bond acceptors (Lipinski definition) is 6. The van der Waals surface area contributed by atoms with Gasteiger partial charge in [0.05, 0.1) is 7.11 Å². The molecule has 9 heteroatoms. The summed E-state index contributed by atoms with van der Waals surface area (Å²) in [5, 5.41) is 19.7. The summed E-state index contributed by atoms with van der Waals surface area (Å²) in [5.41, 5.74) is 9.59. The van der Waals surface area contributed by atoms with Gasteiger partial charge in [0.15, 0.2) is 0 Å². The molecule has 0 unspecified atom stereocenters. The van der Waals surface area contributed by atoms with Gasteiger partial charge in [-0.05, 0) is 217 Å². The van der Waals surface area contributed by atoms with Gasteiger partial charge in [0, 0.05) is 17.7 Å². The topological polar surface area (TPSA) is 123 Å². The molecule has 0 atom stereocenters. The van der Waals surface area contributed by atoms with E-state index < -0.39 is 14.3 Å². The zero-order valence-electron chi connectivity index (χ0n) is 40.3. The van der Waals surface area contributed by atoms with Crippen molar-refractivity contribution in [3.63, 3.8) is 0 Å². The number of phenols is 1. The number of esters is 1. The van der Waals surface area contributed by atoms with Crippen molar-refractivity contribution < 1.29 is 53.3 Å². The molecule has 0 radical (unpaired) electrons. The van der Waals surface area contributed by atoms with Crippen LogP contribution in [0, 0.1) is 35.5 Å². The average molecular weight is 901 g/mol. The molecule has 4 aromatic carbocycles. The first-order chi connectivity index (χ1) is 30.5. The minimum Gasteiger partial charge on any atom is -0.870 e. The number of carboxylic acid groups (broad SMARTS) is 1. The fraction of sp³-hybridized carbons (Fsp3) is 0.474. The minimum absolute atomic E-state index is 0. The van der Waals surface area contributed by atoms with Crippen LogP contribution < -0.4 is 23.3 Å². The second-order valence-electron chi connectivity index (χ2n) is 22.5. The van der Waals surface area contributed by atoms with Crippen LogP contribution in [0.1, 0.15) is 120 Å². The molecule has 0 heterocycles. The van der Waals surface area contributed by atoms with Crippen molar-refractivity contribution in [3.05, 3.63) is 119 Å². The van der Waals surface area contributed by atoms with Gasteiger partial charge in [-0.15, -0.1) is 0 Å². The number of ether oxygens (including phenoxy) is 1. The molecule has 12 rings (SSSR count). The summed E-state index contributed by atoms with van der Waals surface area (Å²) in [4.78, 5) is 22.1. The third kappa shape index (κ3) is 10.2. The van der Waals surface area contributed by atoms with Crippen molar-refractivity contribution in [2.75, 3.05) is 7.11 Å². The standard InChI is InChI=1S/C32H42O3Si.C25H26O3.Li.H2O/c1-31(2,3)36(5,6)35-29-13-12-27(26-10-7-22(8-11-26)9-14-30(33)34-4)18-28(29)32-19-23-15-24(20-32)17-25(16-23)21-32;26-23-7-6-21(20-4-1-16(2-5-20)3-8-24(27)28)12-22(23)25-13-17-9-18(14-25)11-19(10-17)15-25;;/h7-14,18,23-25H,15-17,19-21H2,1-6H3;1-8,12,17-19,26H,9-11,13-15H2,(H,27,28);;1H2/q;;+1;/p-1/b14-9+;8-3+;;. The fourth-order valence-corrected chi connectivity index (χ4v) is 14.7. The van der Waals surface area contributed by atoms with E-state index >= 15 is 0 Å². The van der Waals surface area contributed by atoms with E-state index in [0.29, 0.717) is 5.75 Å². The van der Waals surface area contributed by atoms with Gasteiger partial charge in [0.25, 0.3) is 0 Å². The number of hydrogen-bond donors (Lipinski definition) is 2. The van der Waals surface area contributed by atoms with Gasteiger partial charge in [-0.2, -0.15) is 0 Å². The van der Waals surface area contributed by atoms with Crippen molar-refractivity contribution in [1.82, 2.24) is 0 Å². The molecule has 3 N–H and O–H groups in total. The molecule has 0 amide bonds. The van der Waals surface area contributed by atoms with E-state index in [1.807, 2.05) is 36.4 Å². The summed E-state index contributed by atoms with van der Waals surface area (Å²) in [5.74, 6) is 5.51. The summed E-state index contributed by atoms with van der Waals surface area (Å²) in [6.45, 7) is 11.7. The van der Waals surface area contributed by atoms with E-state index in [1.165, 1.54) is 107 Å². The summed E-state index contributed by atoms with van der Waals surface area (Å²) in [7, 11) is -0.564. The van der Waals surface area contributed by atoms with E-state index in [4.69, 9.17) is 14.3 Å². The molecular weight excluding hydrogens is 832 g/mol. The van der Waals surface area contributed by atoms with E-state index in [1.54, 1.807) is 12.2 Å². The van der Waals surface area contributed by atoms with Crippen LogP contribution in [0.15, 0.2) is 97.1 Å². The molecule has 0 aromatic heterocycles. The second-order valence-corrected chi connectivity index (χ2v) is 27.2. The summed E-state index contributed by atoms with van der Waals surface area (Å²) in [6.07, 6.45) is 22.2. The number of aliphatic carboxylic acids is 1. The normalized spacial score (nSPS) is 28.0. The number of carbonyl (C=O) groups is 2. The first-order valence-corrected chi connectivity index (χ1v) is 26.9. The first-order valence-electron chi connectivity index (χ1n) is 24.0. The first kappa shape index (κ1) is 49.6. The number of benzene rings is 4. The van der Waals surface area contributed by atoms with Gasteiger partial charge in [-0.25, -0.2) is 9.59 Å². The van der Waals surface area contributed by atoms with Gasteiger partial charge in [0.2, 0.25) is 8.32 Å². The quantitative estimate of drug-likeness (QED) is 0.0923. The molecular formula is C57H69LiO7Si. The Morgan fingerprint density at radius 2 is 0.985 bits per heavy atom. The Bertz CT molecular complexity index is 2370. The maximum atomic E-state index is 11.4. The van der Waals surface area contributed by atoms with Crippen molar-refractivity contribution in [2.45, 2.75) is 127 Å². The molecule has 8 aliphatic rings. The molecule has 7 nitrogen and oxygen atoms in total. The van der Waals surface area contributed by atoms with E-state index in [-0.39, 0.29) is 46.2 Å². The maximum Gasteiger partial charge on any atom is 1.00 e. The Labute approximate surface area is 406 Å². The van der Waals surface area contributed by atoms with Crippen LogP contribution in [-0.2, 0) is 25.2 Å². The minimum atomic E-state index is -1.96. The number of rotatable bonds is 10. The van der Waals surface area contributed by atoms with Crippen LogP contribution in [0.2, 0.25) is 18.1 Å². The largest absolute Gasteiger partial charge is 1.00 e. The third-order valence-corrected chi connectivity index (χ3v) is 21.2. The summed E-state index contributed by atoms with van der Waals surface area (Å²) < 4.78 is 11.8. The predicted octanol–water partition coefficient (Wildman–Crippen LogP) is 10.8. The monoisotopic (exact) mass is 900 g/mol. The number of methoxy groups -OCH3 is 1. The average Bonchev–Trinajstić information content (AvgIpc) is 3.24. The summed E-state index contributed by atoms with van der Waals surface area (Å²) in [6, 6.07) is 29.4. The Kier molecular flexibility index (Phi) is 14.5. The number of carbonyl (C=O) groups excluding carboxylic acids is 1. The zero-order chi connectivity index (χ0) is 45.0. The van der Waals surface area contributed by atoms with Gasteiger partial charge in [-0.1, -0.05) is 81.4 Å². The van der Waals surface area contributed by atoms with Crippen molar-refractivity contribution in [3.8, 4) is 33.8 Å². The summed E-state index contributed by atoms with van der Waals surface area (Å²) >= 11 is 0. The molecule has 8 fully saturated rings. The molecule has 0 saturated heterocycles.